The van der Waals surface area contributed by atoms with Crippen molar-refractivity contribution in [2.45, 2.75) is 26.8 Å². The topological polar surface area (TPSA) is 61.4 Å². The van der Waals surface area contributed by atoms with Crippen LogP contribution in [0, 0.1) is 0 Å². The summed E-state index contributed by atoms with van der Waals surface area (Å²) in [6, 6.07) is 9.18. The highest BCUT2D eigenvalue weighted by atomic mass is 16.2. The predicted octanol–water partition coefficient (Wildman–Crippen LogP) is 1.75. The lowest BCUT2D eigenvalue weighted by atomic mass is 10.3. The predicted molar refractivity (Wildman–Crippen MR) is 76.1 cm³/mol. The number of nitrogens with zero attached hydrogens (tertiary/aromatic N) is 1. The summed E-state index contributed by atoms with van der Waals surface area (Å²) >= 11 is 0. The molecule has 0 saturated carbocycles. The first kappa shape index (κ1) is 15.0. The maximum Gasteiger partial charge on any atom is 0.321 e. The maximum absolute atomic E-state index is 11.8. The van der Waals surface area contributed by atoms with E-state index in [1.165, 1.54) is 0 Å². The number of benzene rings is 1. The summed E-state index contributed by atoms with van der Waals surface area (Å²) in [7, 11) is 0. The Morgan fingerprint density at radius 1 is 1.21 bits per heavy atom. The molecular formula is C14H21N3O2. The number of hydrogen-bond donors (Lipinski definition) is 2. The monoisotopic (exact) mass is 263 g/mol. The molecule has 0 fully saturated rings. The van der Waals surface area contributed by atoms with Crippen molar-refractivity contribution in [1.29, 1.82) is 0 Å². The van der Waals surface area contributed by atoms with Crippen molar-refractivity contribution < 1.29 is 9.59 Å². The number of hydrogen-bond acceptors (Lipinski definition) is 3. The van der Waals surface area contributed by atoms with Gasteiger partial charge < -0.3 is 10.2 Å². The molecule has 0 radical (unpaired) electrons. The number of urea groups is 1. The van der Waals surface area contributed by atoms with E-state index in [9.17, 15) is 9.59 Å². The van der Waals surface area contributed by atoms with E-state index in [-0.39, 0.29) is 18.5 Å². The number of nitrogens with one attached hydrogen (secondary N) is 2. The fourth-order valence-electron chi connectivity index (χ4n) is 1.66. The molecule has 0 aliphatic carbocycles. The maximum atomic E-state index is 11.8. The van der Waals surface area contributed by atoms with Gasteiger partial charge in [0.15, 0.2) is 0 Å². The van der Waals surface area contributed by atoms with E-state index >= 15 is 0 Å². The van der Waals surface area contributed by atoms with E-state index in [4.69, 9.17) is 0 Å². The van der Waals surface area contributed by atoms with Gasteiger partial charge in [-0.05, 0) is 32.9 Å². The van der Waals surface area contributed by atoms with Crippen LogP contribution in [0.3, 0.4) is 0 Å². The summed E-state index contributed by atoms with van der Waals surface area (Å²) in [6.07, 6.45) is 0. The molecule has 0 atom stereocenters. The molecule has 0 aromatic heterocycles. The number of anilines is 1. The average Bonchev–Trinajstić information content (AvgIpc) is 2.35. The minimum Gasteiger partial charge on any atom is -0.362 e. The normalized spacial score (nSPS) is 10.1. The molecular weight excluding hydrogens is 242 g/mol. The Bertz CT molecular complexity index is 418. The minimum atomic E-state index is -0.455. The molecule has 104 valence electrons. The van der Waals surface area contributed by atoms with E-state index in [0.29, 0.717) is 6.54 Å². The summed E-state index contributed by atoms with van der Waals surface area (Å²) in [6.45, 7) is 6.50. The third-order valence-corrected chi connectivity index (χ3v) is 2.51. The molecule has 0 saturated heterocycles. The van der Waals surface area contributed by atoms with Gasteiger partial charge in [-0.25, -0.2) is 4.79 Å². The van der Waals surface area contributed by atoms with Crippen molar-refractivity contribution in [3.63, 3.8) is 0 Å². The molecule has 2 N–H and O–H groups in total. The Morgan fingerprint density at radius 2 is 1.84 bits per heavy atom. The third-order valence-electron chi connectivity index (χ3n) is 2.51. The first-order valence-corrected chi connectivity index (χ1v) is 6.43. The molecule has 3 amide bonds. The highest BCUT2D eigenvalue weighted by Gasteiger charge is 2.12. The van der Waals surface area contributed by atoms with Gasteiger partial charge in [-0.2, -0.15) is 0 Å². The molecule has 0 spiro atoms. The van der Waals surface area contributed by atoms with Gasteiger partial charge in [0.1, 0.15) is 0 Å². The van der Waals surface area contributed by atoms with E-state index in [0.717, 1.165) is 5.69 Å². The van der Waals surface area contributed by atoms with Crippen LogP contribution >= 0.6 is 0 Å². The van der Waals surface area contributed by atoms with Crippen LogP contribution in [0.1, 0.15) is 20.8 Å². The Balaban J connectivity index is 2.52. The molecule has 0 unspecified atom stereocenters. The van der Waals surface area contributed by atoms with Crippen LogP contribution in [0.4, 0.5) is 10.5 Å². The summed E-state index contributed by atoms with van der Waals surface area (Å²) in [4.78, 5) is 25.1. The van der Waals surface area contributed by atoms with Crippen LogP contribution < -0.4 is 15.5 Å². The second-order valence-electron chi connectivity index (χ2n) is 4.53. The number of rotatable bonds is 5. The van der Waals surface area contributed by atoms with E-state index in [1.54, 1.807) is 0 Å². The number of imide groups is 1. The van der Waals surface area contributed by atoms with Gasteiger partial charge in [0, 0.05) is 18.3 Å². The molecule has 19 heavy (non-hydrogen) atoms. The Kier molecular flexibility index (Phi) is 5.85. The lowest BCUT2D eigenvalue weighted by Gasteiger charge is -2.22. The highest BCUT2D eigenvalue weighted by Crippen LogP contribution is 2.11. The SMILES string of the molecule is CCN(CC(=O)NC(=O)NC(C)C)c1ccccc1. The van der Waals surface area contributed by atoms with Gasteiger partial charge >= 0.3 is 6.03 Å². The molecule has 5 nitrogen and oxygen atoms in total. The second-order valence-corrected chi connectivity index (χ2v) is 4.53. The summed E-state index contributed by atoms with van der Waals surface area (Å²) in [5.74, 6) is -0.316. The van der Waals surface area contributed by atoms with Crippen molar-refractivity contribution in [2.75, 3.05) is 18.0 Å². The van der Waals surface area contributed by atoms with Crippen LogP contribution in [-0.2, 0) is 4.79 Å². The zero-order valence-electron chi connectivity index (χ0n) is 11.6. The lowest BCUT2D eigenvalue weighted by Crippen LogP contribution is -2.46. The quantitative estimate of drug-likeness (QED) is 0.850. The van der Waals surface area contributed by atoms with Crippen LogP contribution in [0.25, 0.3) is 0 Å². The van der Waals surface area contributed by atoms with Crippen LogP contribution in [0.2, 0.25) is 0 Å². The molecule has 1 rings (SSSR count). The molecule has 0 aliphatic heterocycles. The molecule has 1 aromatic rings. The number of para-hydroxylation sites is 1. The molecule has 0 aliphatic rings. The largest absolute Gasteiger partial charge is 0.362 e. The Hall–Kier alpha value is -2.04. The smallest absolute Gasteiger partial charge is 0.321 e. The van der Waals surface area contributed by atoms with Gasteiger partial charge in [-0.3, -0.25) is 10.1 Å². The number of carbonyl (C=O) groups excluding carboxylic acids is 2. The molecule has 0 bridgehead atoms. The molecule has 1 aromatic carbocycles. The Morgan fingerprint density at radius 3 is 2.37 bits per heavy atom. The number of likely N-dealkylation sites (N-methyl/N-ethyl adjacent to an activating group) is 1. The first-order valence-electron chi connectivity index (χ1n) is 6.43. The fraction of sp³-hybridized carbons (Fsp3) is 0.429. The van der Waals surface area contributed by atoms with Crippen molar-refractivity contribution >= 4 is 17.6 Å². The highest BCUT2D eigenvalue weighted by molar-refractivity contribution is 5.96. The van der Waals surface area contributed by atoms with Crippen LogP contribution in [-0.4, -0.2) is 31.1 Å². The summed E-state index contributed by atoms with van der Waals surface area (Å²) in [5.41, 5.74) is 0.962. The van der Waals surface area contributed by atoms with Crippen LogP contribution in [0.15, 0.2) is 30.3 Å². The van der Waals surface area contributed by atoms with E-state index in [1.807, 2.05) is 56.0 Å². The summed E-state index contributed by atoms with van der Waals surface area (Å²) < 4.78 is 0. The number of carbonyl (C=O) groups is 2. The lowest BCUT2D eigenvalue weighted by molar-refractivity contribution is -0.118. The standard InChI is InChI=1S/C14H21N3O2/c1-4-17(12-8-6-5-7-9-12)10-13(18)16-14(19)15-11(2)3/h5-9,11H,4,10H2,1-3H3,(H2,15,16,18,19). The Labute approximate surface area is 114 Å². The molecule has 5 heteroatoms. The average molecular weight is 263 g/mol. The van der Waals surface area contributed by atoms with Crippen LogP contribution in [0.5, 0.6) is 0 Å². The fourth-order valence-corrected chi connectivity index (χ4v) is 1.66. The zero-order valence-corrected chi connectivity index (χ0v) is 11.6. The van der Waals surface area contributed by atoms with Gasteiger partial charge in [-0.15, -0.1) is 0 Å². The zero-order chi connectivity index (χ0) is 14.3. The van der Waals surface area contributed by atoms with Gasteiger partial charge in [0.05, 0.1) is 6.54 Å². The summed E-state index contributed by atoms with van der Waals surface area (Å²) in [5, 5.41) is 4.93. The second kappa shape index (κ2) is 7.41. The van der Waals surface area contributed by atoms with Gasteiger partial charge in [0.25, 0.3) is 0 Å². The first-order chi connectivity index (χ1) is 9.02. The molecule has 0 heterocycles. The van der Waals surface area contributed by atoms with E-state index < -0.39 is 6.03 Å². The van der Waals surface area contributed by atoms with Crippen molar-refractivity contribution in [3.05, 3.63) is 30.3 Å². The number of amides is 3. The van der Waals surface area contributed by atoms with Crippen molar-refractivity contribution in [1.82, 2.24) is 10.6 Å². The third kappa shape index (κ3) is 5.42. The minimum absolute atomic E-state index is 0.00389. The van der Waals surface area contributed by atoms with Gasteiger partial charge in [-0.1, -0.05) is 18.2 Å². The van der Waals surface area contributed by atoms with Crippen molar-refractivity contribution in [3.8, 4) is 0 Å². The van der Waals surface area contributed by atoms with Crippen molar-refractivity contribution in [2.24, 2.45) is 0 Å². The van der Waals surface area contributed by atoms with Gasteiger partial charge in [0.2, 0.25) is 5.91 Å². The van der Waals surface area contributed by atoms with E-state index in [2.05, 4.69) is 10.6 Å².